The minimum atomic E-state index is 0.867. The smallest absolute Gasteiger partial charge is 0.156 e. The van der Waals surface area contributed by atoms with E-state index in [1.54, 1.807) is 19.5 Å². The summed E-state index contributed by atoms with van der Waals surface area (Å²) in [5, 5.41) is 0. The van der Waals surface area contributed by atoms with Gasteiger partial charge in [-0.15, -0.1) is 0 Å². The van der Waals surface area contributed by atoms with Crippen molar-refractivity contribution >= 4 is 11.2 Å². The summed E-state index contributed by atoms with van der Waals surface area (Å²) in [6.45, 7) is 2.25. The van der Waals surface area contributed by atoms with E-state index in [-0.39, 0.29) is 0 Å². The maximum Gasteiger partial charge on any atom is 0.156 e. The molecule has 1 N–H and O–H groups in total. The highest BCUT2D eigenvalue weighted by Gasteiger charge is 2.14. The van der Waals surface area contributed by atoms with Gasteiger partial charge in [0.05, 0.1) is 12.8 Å². The first-order valence-corrected chi connectivity index (χ1v) is 8.79. The standard InChI is InChI=1S/C20H25N3O/c1-3-4-5-6-7-8-17-18(15-9-11-16(24-2)12-10-15)23-20-19(17)21-13-14-22-20/h9-14H,3-8H2,1-2H3,(H,22,23). The SMILES string of the molecule is CCCCCCCc1c(-c2ccc(OC)cc2)[nH]c2nccnc12. The van der Waals surface area contributed by atoms with Crippen LogP contribution in [-0.4, -0.2) is 22.1 Å². The molecule has 0 aliphatic heterocycles. The molecule has 0 radical (unpaired) electrons. The summed E-state index contributed by atoms with van der Waals surface area (Å²) in [6.07, 6.45) is 10.9. The Labute approximate surface area is 143 Å². The van der Waals surface area contributed by atoms with Gasteiger partial charge in [-0.3, -0.25) is 4.98 Å². The lowest BCUT2D eigenvalue weighted by Gasteiger charge is -2.06. The van der Waals surface area contributed by atoms with Crippen molar-refractivity contribution < 1.29 is 4.74 Å². The lowest BCUT2D eigenvalue weighted by Crippen LogP contribution is -1.91. The van der Waals surface area contributed by atoms with Crippen molar-refractivity contribution in [1.29, 1.82) is 0 Å². The lowest BCUT2D eigenvalue weighted by molar-refractivity contribution is 0.415. The molecule has 126 valence electrons. The molecule has 1 aromatic carbocycles. The number of nitrogens with one attached hydrogen (secondary N) is 1. The van der Waals surface area contributed by atoms with Crippen LogP contribution in [0.3, 0.4) is 0 Å². The van der Waals surface area contributed by atoms with Gasteiger partial charge in [-0.1, -0.05) is 32.6 Å². The quantitative estimate of drug-likeness (QED) is 0.583. The van der Waals surface area contributed by atoms with Crippen molar-refractivity contribution in [3.05, 3.63) is 42.2 Å². The molecule has 0 amide bonds. The summed E-state index contributed by atoms with van der Waals surface area (Å²) in [5.74, 6) is 0.868. The van der Waals surface area contributed by atoms with E-state index in [1.807, 2.05) is 12.1 Å². The first-order chi connectivity index (χ1) is 11.8. The largest absolute Gasteiger partial charge is 0.497 e. The normalized spacial score (nSPS) is 11.1. The molecular weight excluding hydrogens is 298 g/mol. The second-order valence-corrected chi connectivity index (χ2v) is 6.12. The van der Waals surface area contributed by atoms with Crippen LogP contribution in [0, 0.1) is 0 Å². The van der Waals surface area contributed by atoms with Crippen LogP contribution in [0.25, 0.3) is 22.4 Å². The molecule has 0 bridgehead atoms. The van der Waals surface area contributed by atoms with Gasteiger partial charge in [-0.2, -0.15) is 0 Å². The van der Waals surface area contributed by atoms with Gasteiger partial charge in [0.25, 0.3) is 0 Å². The van der Waals surface area contributed by atoms with Crippen LogP contribution in [0.2, 0.25) is 0 Å². The fourth-order valence-corrected chi connectivity index (χ4v) is 3.12. The minimum Gasteiger partial charge on any atom is -0.497 e. The summed E-state index contributed by atoms with van der Waals surface area (Å²) >= 11 is 0. The van der Waals surface area contributed by atoms with Crippen LogP contribution in [-0.2, 0) is 6.42 Å². The number of fused-ring (bicyclic) bond motifs is 1. The van der Waals surface area contributed by atoms with E-state index in [0.29, 0.717) is 0 Å². The van der Waals surface area contributed by atoms with Crippen LogP contribution in [0.1, 0.15) is 44.6 Å². The summed E-state index contributed by atoms with van der Waals surface area (Å²) in [4.78, 5) is 12.4. The topological polar surface area (TPSA) is 50.8 Å². The average molecular weight is 323 g/mol. The Morgan fingerprint density at radius 3 is 2.46 bits per heavy atom. The molecule has 0 spiro atoms. The van der Waals surface area contributed by atoms with Crippen molar-refractivity contribution in [3.63, 3.8) is 0 Å². The molecule has 24 heavy (non-hydrogen) atoms. The van der Waals surface area contributed by atoms with Crippen LogP contribution in [0.5, 0.6) is 5.75 Å². The third-order valence-electron chi connectivity index (χ3n) is 4.44. The number of H-pyrrole nitrogens is 1. The average Bonchev–Trinajstić information content (AvgIpc) is 3.00. The number of methoxy groups -OCH3 is 1. The highest BCUT2D eigenvalue weighted by Crippen LogP contribution is 2.30. The number of unbranched alkanes of at least 4 members (excludes halogenated alkanes) is 4. The molecule has 0 fully saturated rings. The zero-order chi connectivity index (χ0) is 16.8. The van der Waals surface area contributed by atoms with Crippen LogP contribution in [0.15, 0.2) is 36.7 Å². The minimum absolute atomic E-state index is 0.867. The predicted molar refractivity (Wildman–Crippen MR) is 98.3 cm³/mol. The van der Waals surface area contributed by atoms with Crippen molar-refractivity contribution in [2.75, 3.05) is 7.11 Å². The van der Waals surface area contributed by atoms with Gasteiger partial charge < -0.3 is 9.72 Å². The van der Waals surface area contributed by atoms with Gasteiger partial charge >= 0.3 is 0 Å². The van der Waals surface area contributed by atoms with E-state index in [0.717, 1.165) is 34.6 Å². The first kappa shape index (κ1) is 16.5. The number of rotatable bonds is 8. The van der Waals surface area contributed by atoms with Gasteiger partial charge in [0, 0.05) is 18.0 Å². The molecule has 2 heterocycles. The maximum absolute atomic E-state index is 5.26. The summed E-state index contributed by atoms with van der Waals surface area (Å²) in [6, 6.07) is 8.16. The molecule has 0 saturated carbocycles. The third-order valence-corrected chi connectivity index (χ3v) is 4.44. The predicted octanol–water partition coefficient (Wildman–Crippen LogP) is 5.15. The summed E-state index contributed by atoms with van der Waals surface area (Å²) in [5.41, 5.74) is 5.43. The van der Waals surface area contributed by atoms with Crippen LogP contribution >= 0.6 is 0 Å². The Morgan fingerprint density at radius 1 is 0.958 bits per heavy atom. The number of aromatic amines is 1. The number of ether oxygens (including phenoxy) is 1. The van der Waals surface area contributed by atoms with E-state index in [4.69, 9.17) is 4.74 Å². The van der Waals surface area contributed by atoms with E-state index in [1.165, 1.54) is 37.7 Å². The van der Waals surface area contributed by atoms with Gasteiger partial charge in [-0.25, -0.2) is 4.98 Å². The number of benzene rings is 1. The number of hydrogen-bond donors (Lipinski definition) is 1. The lowest BCUT2D eigenvalue weighted by atomic mass is 10.0. The molecule has 2 aromatic heterocycles. The van der Waals surface area contributed by atoms with E-state index < -0.39 is 0 Å². The molecule has 0 aliphatic rings. The summed E-state index contributed by atoms with van der Waals surface area (Å²) < 4.78 is 5.26. The first-order valence-electron chi connectivity index (χ1n) is 8.79. The molecule has 0 unspecified atom stereocenters. The monoisotopic (exact) mass is 323 g/mol. The van der Waals surface area contributed by atoms with Gasteiger partial charge in [0.2, 0.25) is 0 Å². The fourth-order valence-electron chi connectivity index (χ4n) is 3.12. The summed E-state index contributed by atoms with van der Waals surface area (Å²) in [7, 11) is 1.69. The van der Waals surface area contributed by atoms with Crippen molar-refractivity contribution in [2.24, 2.45) is 0 Å². The Balaban J connectivity index is 1.89. The van der Waals surface area contributed by atoms with Gasteiger partial charge in [-0.05, 0) is 42.7 Å². The third kappa shape index (κ3) is 3.58. The van der Waals surface area contributed by atoms with E-state index in [2.05, 4.69) is 34.0 Å². The van der Waals surface area contributed by atoms with E-state index in [9.17, 15) is 0 Å². The molecule has 0 saturated heterocycles. The Hall–Kier alpha value is -2.36. The molecule has 4 heteroatoms. The molecule has 0 aliphatic carbocycles. The maximum atomic E-state index is 5.26. The Bertz CT molecular complexity index is 777. The second-order valence-electron chi connectivity index (χ2n) is 6.12. The molecule has 3 aromatic rings. The number of hydrogen-bond acceptors (Lipinski definition) is 3. The number of nitrogens with zero attached hydrogens (tertiary/aromatic N) is 2. The van der Waals surface area contributed by atoms with Crippen molar-refractivity contribution in [1.82, 2.24) is 15.0 Å². The zero-order valence-electron chi connectivity index (χ0n) is 14.5. The number of aryl methyl sites for hydroxylation is 1. The van der Waals surface area contributed by atoms with Gasteiger partial charge in [0.1, 0.15) is 11.3 Å². The van der Waals surface area contributed by atoms with E-state index >= 15 is 0 Å². The van der Waals surface area contributed by atoms with Crippen molar-refractivity contribution in [2.45, 2.75) is 45.4 Å². The molecular formula is C20H25N3O. The zero-order valence-corrected chi connectivity index (χ0v) is 14.5. The molecule has 0 atom stereocenters. The fraction of sp³-hybridized carbons (Fsp3) is 0.400. The Kier molecular flexibility index (Phi) is 5.47. The van der Waals surface area contributed by atoms with Gasteiger partial charge in [0.15, 0.2) is 5.65 Å². The van der Waals surface area contributed by atoms with Crippen LogP contribution < -0.4 is 4.74 Å². The molecule has 4 nitrogen and oxygen atoms in total. The number of aromatic nitrogens is 3. The van der Waals surface area contributed by atoms with Crippen molar-refractivity contribution in [3.8, 4) is 17.0 Å². The Morgan fingerprint density at radius 2 is 1.71 bits per heavy atom. The van der Waals surface area contributed by atoms with Crippen LogP contribution in [0.4, 0.5) is 0 Å². The second kappa shape index (κ2) is 7.95. The molecule has 3 rings (SSSR count). The highest BCUT2D eigenvalue weighted by molar-refractivity contribution is 5.85. The highest BCUT2D eigenvalue weighted by atomic mass is 16.5.